The maximum absolute atomic E-state index is 10.5. The molecule has 0 radical (unpaired) electrons. The maximum atomic E-state index is 10.5. The van der Waals surface area contributed by atoms with Crippen molar-refractivity contribution in [2.24, 2.45) is 0 Å². The Bertz CT molecular complexity index is 344. The fourth-order valence-electron chi connectivity index (χ4n) is 1.58. The smallest absolute Gasteiger partial charge is 0.332 e. The Hall–Kier alpha value is -1.35. The minimum absolute atomic E-state index is 0.170. The molecular formula is C12H16O3. The number of carbonyl (C=O) groups is 1. The zero-order chi connectivity index (χ0) is 11.4. The zero-order valence-electron chi connectivity index (χ0n) is 8.97. The highest BCUT2D eigenvalue weighted by Crippen LogP contribution is 2.20. The number of benzene rings is 1. The Morgan fingerprint density at radius 3 is 2.47 bits per heavy atom. The molecule has 82 valence electrons. The van der Waals surface area contributed by atoms with E-state index in [-0.39, 0.29) is 6.42 Å². The summed E-state index contributed by atoms with van der Waals surface area (Å²) in [6.07, 6.45) is -1.14. The molecule has 1 rings (SSSR count). The minimum atomic E-state index is -1.31. The molecule has 0 aliphatic carbocycles. The molecule has 0 amide bonds. The van der Waals surface area contributed by atoms with Gasteiger partial charge < -0.3 is 10.2 Å². The average molecular weight is 208 g/mol. The Balaban J connectivity index is 2.89. The summed E-state index contributed by atoms with van der Waals surface area (Å²) in [5.74, 6) is -0.837. The predicted octanol–water partition coefficient (Wildman–Crippen LogP) is 1.80. The molecule has 3 nitrogen and oxygen atoms in total. The SMILES string of the molecule is CC(C)c1ccccc1CC(O)C(=O)O. The Morgan fingerprint density at radius 1 is 1.33 bits per heavy atom. The van der Waals surface area contributed by atoms with Gasteiger partial charge in [0.05, 0.1) is 0 Å². The number of rotatable bonds is 4. The van der Waals surface area contributed by atoms with E-state index in [4.69, 9.17) is 5.11 Å². The van der Waals surface area contributed by atoms with Gasteiger partial charge >= 0.3 is 5.97 Å². The Kier molecular flexibility index (Phi) is 3.86. The van der Waals surface area contributed by atoms with Crippen LogP contribution in [-0.2, 0) is 11.2 Å². The average Bonchev–Trinajstić information content (AvgIpc) is 2.18. The van der Waals surface area contributed by atoms with Gasteiger partial charge in [-0.05, 0) is 17.0 Å². The molecule has 0 bridgehead atoms. The first-order valence-electron chi connectivity index (χ1n) is 5.01. The molecule has 1 aromatic rings. The molecule has 0 saturated carbocycles. The van der Waals surface area contributed by atoms with Crippen molar-refractivity contribution in [3.8, 4) is 0 Å². The first kappa shape index (κ1) is 11.7. The van der Waals surface area contributed by atoms with Crippen molar-refractivity contribution in [1.29, 1.82) is 0 Å². The van der Waals surface area contributed by atoms with Crippen LogP contribution in [0.15, 0.2) is 24.3 Å². The predicted molar refractivity (Wildman–Crippen MR) is 57.9 cm³/mol. The number of hydrogen-bond donors (Lipinski definition) is 2. The maximum Gasteiger partial charge on any atom is 0.332 e. The number of aliphatic hydroxyl groups excluding tert-OH is 1. The summed E-state index contributed by atoms with van der Waals surface area (Å²) in [7, 11) is 0. The van der Waals surface area contributed by atoms with E-state index in [9.17, 15) is 9.90 Å². The van der Waals surface area contributed by atoms with Crippen molar-refractivity contribution in [3.05, 3.63) is 35.4 Å². The monoisotopic (exact) mass is 208 g/mol. The van der Waals surface area contributed by atoms with Crippen LogP contribution in [0.1, 0.15) is 30.9 Å². The highest BCUT2D eigenvalue weighted by Gasteiger charge is 2.16. The molecule has 0 fully saturated rings. The van der Waals surface area contributed by atoms with E-state index >= 15 is 0 Å². The molecular weight excluding hydrogens is 192 g/mol. The molecule has 3 heteroatoms. The third kappa shape index (κ3) is 3.06. The topological polar surface area (TPSA) is 57.5 Å². The molecule has 0 saturated heterocycles. The van der Waals surface area contributed by atoms with E-state index in [1.54, 1.807) is 0 Å². The quantitative estimate of drug-likeness (QED) is 0.793. The van der Waals surface area contributed by atoms with E-state index in [2.05, 4.69) is 0 Å². The standard InChI is InChI=1S/C12H16O3/c1-8(2)10-6-4-3-5-9(10)7-11(13)12(14)15/h3-6,8,11,13H,7H2,1-2H3,(H,14,15). The largest absolute Gasteiger partial charge is 0.479 e. The number of carboxylic acids is 1. The molecule has 1 atom stereocenters. The summed E-state index contributed by atoms with van der Waals surface area (Å²) in [6, 6.07) is 7.61. The van der Waals surface area contributed by atoms with Gasteiger partial charge in [0, 0.05) is 6.42 Å². The third-order valence-electron chi connectivity index (χ3n) is 2.38. The van der Waals surface area contributed by atoms with Crippen molar-refractivity contribution in [2.45, 2.75) is 32.3 Å². The highest BCUT2D eigenvalue weighted by atomic mass is 16.4. The molecule has 2 N–H and O–H groups in total. The molecule has 1 aromatic carbocycles. The van der Waals surface area contributed by atoms with Crippen LogP contribution < -0.4 is 0 Å². The lowest BCUT2D eigenvalue weighted by Crippen LogP contribution is -2.22. The van der Waals surface area contributed by atoms with Crippen LogP contribution in [0.4, 0.5) is 0 Å². The second-order valence-electron chi connectivity index (χ2n) is 3.91. The van der Waals surface area contributed by atoms with Crippen LogP contribution in [0.25, 0.3) is 0 Å². The third-order valence-corrected chi connectivity index (χ3v) is 2.38. The van der Waals surface area contributed by atoms with E-state index in [0.29, 0.717) is 5.92 Å². The van der Waals surface area contributed by atoms with E-state index in [1.165, 1.54) is 0 Å². The number of carboxylic acid groups (broad SMARTS) is 1. The van der Waals surface area contributed by atoms with Gasteiger partial charge in [0.1, 0.15) is 0 Å². The summed E-state index contributed by atoms with van der Waals surface area (Å²) in [4.78, 5) is 10.5. The Morgan fingerprint density at radius 2 is 1.93 bits per heavy atom. The lowest BCUT2D eigenvalue weighted by Gasteiger charge is -2.13. The molecule has 0 heterocycles. The van der Waals surface area contributed by atoms with Crippen molar-refractivity contribution in [1.82, 2.24) is 0 Å². The second-order valence-corrected chi connectivity index (χ2v) is 3.91. The molecule has 0 aromatic heterocycles. The summed E-state index contributed by atoms with van der Waals surface area (Å²) < 4.78 is 0. The van der Waals surface area contributed by atoms with Crippen molar-refractivity contribution < 1.29 is 15.0 Å². The summed E-state index contributed by atoms with van der Waals surface area (Å²) in [5.41, 5.74) is 2.00. The van der Waals surface area contributed by atoms with Crippen LogP contribution in [0, 0.1) is 0 Å². The first-order chi connectivity index (χ1) is 7.02. The van der Waals surface area contributed by atoms with Gasteiger partial charge in [-0.1, -0.05) is 38.1 Å². The van der Waals surface area contributed by atoms with Crippen LogP contribution in [0.2, 0.25) is 0 Å². The molecule has 15 heavy (non-hydrogen) atoms. The second kappa shape index (κ2) is 4.94. The van der Waals surface area contributed by atoms with Crippen LogP contribution in [-0.4, -0.2) is 22.3 Å². The van der Waals surface area contributed by atoms with E-state index in [1.807, 2.05) is 38.1 Å². The van der Waals surface area contributed by atoms with Crippen molar-refractivity contribution in [2.75, 3.05) is 0 Å². The summed E-state index contributed by atoms with van der Waals surface area (Å²) >= 11 is 0. The normalized spacial score (nSPS) is 12.8. The molecule has 0 aliphatic rings. The summed E-state index contributed by atoms with van der Waals surface area (Å²) in [6.45, 7) is 4.10. The number of aliphatic hydroxyl groups is 1. The lowest BCUT2D eigenvalue weighted by atomic mass is 9.94. The van der Waals surface area contributed by atoms with Gasteiger partial charge in [-0.25, -0.2) is 4.79 Å². The van der Waals surface area contributed by atoms with Gasteiger partial charge in [-0.2, -0.15) is 0 Å². The number of hydrogen-bond acceptors (Lipinski definition) is 2. The highest BCUT2D eigenvalue weighted by molar-refractivity contribution is 5.72. The molecule has 1 unspecified atom stereocenters. The first-order valence-corrected chi connectivity index (χ1v) is 5.01. The van der Waals surface area contributed by atoms with Crippen LogP contribution in [0.5, 0.6) is 0 Å². The van der Waals surface area contributed by atoms with Crippen LogP contribution in [0.3, 0.4) is 0 Å². The fraction of sp³-hybridized carbons (Fsp3) is 0.417. The van der Waals surface area contributed by atoms with Gasteiger partial charge in [0.15, 0.2) is 6.10 Å². The lowest BCUT2D eigenvalue weighted by molar-refractivity contribution is -0.146. The zero-order valence-corrected chi connectivity index (χ0v) is 8.97. The Labute approximate surface area is 89.4 Å². The van der Waals surface area contributed by atoms with E-state index in [0.717, 1.165) is 11.1 Å². The molecule has 0 aliphatic heterocycles. The van der Waals surface area contributed by atoms with Crippen LogP contribution >= 0.6 is 0 Å². The molecule has 0 spiro atoms. The van der Waals surface area contributed by atoms with E-state index < -0.39 is 12.1 Å². The van der Waals surface area contributed by atoms with Gasteiger partial charge in [0.2, 0.25) is 0 Å². The number of aliphatic carboxylic acids is 1. The fourth-order valence-corrected chi connectivity index (χ4v) is 1.58. The minimum Gasteiger partial charge on any atom is -0.479 e. The van der Waals surface area contributed by atoms with Gasteiger partial charge in [-0.3, -0.25) is 0 Å². The van der Waals surface area contributed by atoms with Crippen molar-refractivity contribution in [3.63, 3.8) is 0 Å². The van der Waals surface area contributed by atoms with Gasteiger partial charge in [-0.15, -0.1) is 0 Å². The summed E-state index contributed by atoms with van der Waals surface area (Å²) in [5, 5.41) is 17.9. The van der Waals surface area contributed by atoms with Crippen molar-refractivity contribution >= 4 is 5.97 Å². The van der Waals surface area contributed by atoms with Gasteiger partial charge in [0.25, 0.3) is 0 Å².